The lowest BCUT2D eigenvalue weighted by atomic mass is 10.3. The van der Waals surface area contributed by atoms with E-state index >= 15 is 0 Å². The number of aromatic nitrogens is 2. The van der Waals surface area contributed by atoms with Crippen molar-refractivity contribution in [2.24, 2.45) is 7.05 Å². The summed E-state index contributed by atoms with van der Waals surface area (Å²) in [6.07, 6.45) is 1.37. The van der Waals surface area contributed by atoms with E-state index in [0.29, 0.717) is 11.4 Å². The zero-order chi connectivity index (χ0) is 14.7. The molecule has 104 valence electrons. The molecule has 0 bridgehead atoms. The molecule has 0 atom stereocenters. The van der Waals surface area contributed by atoms with E-state index in [1.165, 1.54) is 17.8 Å². The van der Waals surface area contributed by atoms with Gasteiger partial charge in [-0.1, -0.05) is 0 Å². The third kappa shape index (κ3) is 2.77. The molecular formula is C13H14N3O3S+. The summed E-state index contributed by atoms with van der Waals surface area (Å²) >= 11 is 4.93. The van der Waals surface area contributed by atoms with Gasteiger partial charge in [-0.15, -0.1) is 0 Å². The zero-order valence-corrected chi connectivity index (χ0v) is 11.8. The number of aromatic amines is 1. The topological polar surface area (TPSA) is 81.2 Å². The van der Waals surface area contributed by atoms with Crippen LogP contribution >= 0.6 is 12.2 Å². The van der Waals surface area contributed by atoms with Gasteiger partial charge in [0, 0.05) is 25.4 Å². The molecule has 1 heterocycles. The van der Waals surface area contributed by atoms with Crippen molar-refractivity contribution in [1.82, 2.24) is 9.55 Å². The number of aliphatic hydroxyl groups is 1. The van der Waals surface area contributed by atoms with Crippen LogP contribution in [0.3, 0.4) is 0 Å². The predicted molar refractivity (Wildman–Crippen MR) is 77.2 cm³/mol. The number of nitrogens with zero attached hydrogens (tertiary/aromatic N) is 1. The molecule has 0 saturated heterocycles. The standard InChI is InChI=1S/C13H13N3O3S/c1-16-12(18)10(7-14-13(16)20)11(17)15-8-3-5-9(19-2)6-4-8/h3-7H,1-2H3,(H,14,20)(H,15,17)/p+1. The minimum atomic E-state index is -0.382. The molecule has 0 saturated carbocycles. The van der Waals surface area contributed by atoms with Gasteiger partial charge >= 0.3 is 5.90 Å². The number of hydrogen-bond donors (Lipinski definition) is 3. The van der Waals surface area contributed by atoms with Crippen LogP contribution < -0.4 is 15.3 Å². The lowest BCUT2D eigenvalue weighted by Gasteiger charge is -1.99. The maximum atomic E-state index is 12.0. The molecule has 0 fully saturated rings. The van der Waals surface area contributed by atoms with E-state index in [1.807, 2.05) is 0 Å². The Balaban J connectivity index is 2.42. The largest absolute Gasteiger partial charge is 0.497 e. The van der Waals surface area contributed by atoms with Crippen LogP contribution in [0.25, 0.3) is 0 Å². The van der Waals surface area contributed by atoms with Gasteiger partial charge < -0.3 is 14.8 Å². The Morgan fingerprint density at radius 1 is 1.40 bits per heavy atom. The summed E-state index contributed by atoms with van der Waals surface area (Å²) < 4.78 is 6.57. The number of nitrogens with one attached hydrogen (secondary N) is 2. The van der Waals surface area contributed by atoms with Crippen LogP contribution in [-0.4, -0.2) is 27.7 Å². The fraction of sp³-hybridized carbons (Fsp3) is 0.154. The Morgan fingerprint density at radius 3 is 2.65 bits per heavy atom. The second-order valence-electron chi connectivity index (χ2n) is 4.07. The summed E-state index contributed by atoms with van der Waals surface area (Å²) in [6.45, 7) is 0. The molecule has 0 amide bonds. The highest BCUT2D eigenvalue weighted by Gasteiger charge is 2.14. The van der Waals surface area contributed by atoms with Crippen molar-refractivity contribution in [3.05, 3.63) is 51.2 Å². The van der Waals surface area contributed by atoms with E-state index in [0.717, 1.165) is 0 Å². The summed E-state index contributed by atoms with van der Waals surface area (Å²) in [6, 6.07) is 6.94. The van der Waals surface area contributed by atoms with Crippen molar-refractivity contribution in [3.63, 3.8) is 0 Å². The minimum absolute atomic E-state index is 0.108. The first kappa shape index (κ1) is 14.0. The monoisotopic (exact) mass is 292 g/mol. The number of rotatable bonds is 3. The highest BCUT2D eigenvalue weighted by Crippen LogP contribution is 2.10. The van der Waals surface area contributed by atoms with E-state index in [4.69, 9.17) is 17.0 Å². The zero-order valence-electron chi connectivity index (χ0n) is 11.0. The molecule has 1 aromatic carbocycles. The number of hydrogen-bond acceptors (Lipinski definition) is 3. The average molecular weight is 292 g/mol. The highest BCUT2D eigenvalue weighted by atomic mass is 32.1. The van der Waals surface area contributed by atoms with E-state index in [1.54, 1.807) is 31.4 Å². The lowest BCUT2D eigenvalue weighted by Crippen LogP contribution is -2.67. The normalized spacial score (nSPS) is 11.4. The molecule has 2 aromatic rings. The molecule has 0 radical (unpaired) electrons. The SMILES string of the molecule is COc1ccc([NH+]=C(O)c2c[nH]c(=S)n(C)c2=O)cc1. The van der Waals surface area contributed by atoms with Gasteiger partial charge in [0.1, 0.15) is 5.75 Å². The number of H-pyrrole nitrogens is 1. The third-order valence-electron chi connectivity index (χ3n) is 2.79. The van der Waals surface area contributed by atoms with E-state index < -0.39 is 0 Å². The molecule has 7 heteroatoms. The Hall–Kier alpha value is -2.41. The average Bonchev–Trinajstić information content (AvgIpc) is 2.45. The van der Waals surface area contributed by atoms with Gasteiger partial charge in [-0.3, -0.25) is 9.36 Å². The second kappa shape index (κ2) is 5.70. The van der Waals surface area contributed by atoms with Crippen LogP contribution in [0, 0.1) is 4.77 Å². The van der Waals surface area contributed by atoms with Gasteiger partial charge in [-0.05, 0) is 24.4 Å². The summed E-state index contributed by atoms with van der Waals surface area (Å²) in [7, 11) is 3.10. The summed E-state index contributed by atoms with van der Waals surface area (Å²) in [4.78, 5) is 17.4. The number of ether oxygens (including phenoxy) is 1. The number of benzene rings is 1. The Morgan fingerprint density at radius 2 is 2.05 bits per heavy atom. The first-order valence-electron chi connectivity index (χ1n) is 5.79. The molecule has 20 heavy (non-hydrogen) atoms. The van der Waals surface area contributed by atoms with Gasteiger partial charge in [0.25, 0.3) is 5.56 Å². The Kier molecular flexibility index (Phi) is 3.99. The van der Waals surface area contributed by atoms with Crippen LogP contribution in [0.1, 0.15) is 5.56 Å². The maximum Gasteiger partial charge on any atom is 0.378 e. The maximum absolute atomic E-state index is 12.0. The predicted octanol–water partition coefficient (Wildman–Crippen LogP) is 0.168. The fourth-order valence-electron chi connectivity index (χ4n) is 1.61. The molecule has 0 spiro atoms. The molecule has 6 nitrogen and oxygen atoms in total. The summed E-state index contributed by atoms with van der Waals surface area (Å²) in [5.41, 5.74) is 0.358. The van der Waals surface area contributed by atoms with Crippen LogP contribution in [0.4, 0.5) is 5.69 Å². The fourth-order valence-corrected chi connectivity index (χ4v) is 1.76. The third-order valence-corrected chi connectivity index (χ3v) is 3.18. The van der Waals surface area contributed by atoms with Crippen LogP contribution in [0.5, 0.6) is 5.75 Å². The molecular weight excluding hydrogens is 278 g/mol. The van der Waals surface area contributed by atoms with Gasteiger partial charge in [-0.2, -0.15) is 4.99 Å². The van der Waals surface area contributed by atoms with Crippen LogP contribution in [-0.2, 0) is 7.05 Å². The smallest absolute Gasteiger partial charge is 0.378 e. The molecule has 0 aliphatic rings. The van der Waals surface area contributed by atoms with Crippen molar-refractivity contribution >= 4 is 23.8 Å². The van der Waals surface area contributed by atoms with E-state index in [-0.39, 0.29) is 21.8 Å². The van der Waals surface area contributed by atoms with Crippen LogP contribution in [0.2, 0.25) is 0 Å². The minimum Gasteiger partial charge on any atom is -0.497 e. The van der Waals surface area contributed by atoms with E-state index in [2.05, 4.69) is 9.98 Å². The van der Waals surface area contributed by atoms with Gasteiger partial charge in [0.05, 0.1) is 7.11 Å². The van der Waals surface area contributed by atoms with Crippen molar-refractivity contribution in [1.29, 1.82) is 0 Å². The Bertz CT molecular complexity index is 760. The van der Waals surface area contributed by atoms with Crippen molar-refractivity contribution in [3.8, 4) is 5.75 Å². The quantitative estimate of drug-likeness (QED) is 0.428. The first-order chi connectivity index (χ1) is 9.52. The second-order valence-corrected chi connectivity index (χ2v) is 4.46. The molecule has 1 aromatic heterocycles. The summed E-state index contributed by atoms with van der Waals surface area (Å²) in [5.74, 6) is 0.455. The van der Waals surface area contributed by atoms with Crippen LogP contribution in [0.15, 0.2) is 35.3 Å². The molecule has 2 rings (SSSR count). The lowest BCUT2D eigenvalue weighted by molar-refractivity contribution is -0.364. The van der Waals surface area contributed by atoms with Gasteiger partial charge in [0.2, 0.25) is 5.69 Å². The van der Waals surface area contributed by atoms with E-state index in [9.17, 15) is 9.90 Å². The molecule has 0 aliphatic carbocycles. The van der Waals surface area contributed by atoms with Gasteiger partial charge in [-0.25, -0.2) is 0 Å². The van der Waals surface area contributed by atoms with Gasteiger partial charge in [0.15, 0.2) is 10.3 Å². The highest BCUT2D eigenvalue weighted by molar-refractivity contribution is 7.71. The van der Waals surface area contributed by atoms with Crippen molar-refractivity contribution < 1.29 is 14.8 Å². The molecule has 0 unspecified atom stereocenters. The molecule has 0 aliphatic heterocycles. The Labute approximate surface area is 120 Å². The summed E-state index contributed by atoms with van der Waals surface area (Å²) in [5, 5.41) is 10.0. The number of methoxy groups -OCH3 is 1. The van der Waals surface area contributed by atoms with Crippen molar-refractivity contribution in [2.45, 2.75) is 0 Å². The number of aliphatic hydroxyl groups excluding tert-OH is 1. The first-order valence-corrected chi connectivity index (χ1v) is 6.20. The molecule has 3 N–H and O–H groups in total. The van der Waals surface area contributed by atoms with Crippen molar-refractivity contribution in [2.75, 3.05) is 7.11 Å².